The molecule has 132 valence electrons. The molecule has 0 aliphatic carbocycles. The Kier molecular flexibility index (Phi) is 6.30. The van der Waals surface area contributed by atoms with Gasteiger partial charge in [0.15, 0.2) is 5.78 Å². The minimum Gasteiger partial charge on any atom is -0.326 e. The summed E-state index contributed by atoms with van der Waals surface area (Å²) < 4.78 is 26.5. The van der Waals surface area contributed by atoms with Gasteiger partial charge in [-0.1, -0.05) is 17.7 Å². The molecule has 0 saturated carbocycles. The first-order chi connectivity index (χ1) is 11.8. The van der Waals surface area contributed by atoms with Crippen LogP contribution in [0.5, 0.6) is 0 Å². The smallest absolute Gasteiger partial charge is 0.240 e. The van der Waals surface area contributed by atoms with Crippen LogP contribution in [0.3, 0.4) is 0 Å². The molecule has 25 heavy (non-hydrogen) atoms. The second kappa shape index (κ2) is 8.24. The van der Waals surface area contributed by atoms with E-state index in [4.69, 9.17) is 11.6 Å². The average molecular weight is 381 g/mol. The van der Waals surface area contributed by atoms with Crippen molar-refractivity contribution in [1.29, 1.82) is 0 Å². The summed E-state index contributed by atoms with van der Waals surface area (Å²) in [6.45, 7) is 1.41. The molecule has 0 heterocycles. The molecule has 2 aromatic carbocycles. The number of anilines is 1. The second-order valence-electron chi connectivity index (χ2n) is 5.29. The monoisotopic (exact) mass is 380 g/mol. The molecule has 0 aromatic heterocycles. The van der Waals surface area contributed by atoms with E-state index in [-0.39, 0.29) is 29.6 Å². The molecule has 0 spiro atoms. The van der Waals surface area contributed by atoms with Crippen LogP contribution < -0.4 is 10.0 Å². The summed E-state index contributed by atoms with van der Waals surface area (Å²) in [6, 6.07) is 12.3. The summed E-state index contributed by atoms with van der Waals surface area (Å²) in [5, 5.41) is 2.95. The molecular formula is C17H17ClN2O4S. The maximum Gasteiger partial charge on any atom is 0.240 e. The van der Waals surface area contributed by atoms with Gasteiger partial charge in [-0.25, -0.2) is 13.1 Å². The molecule has 0 atom stereocenters. The van der Waals surface area contributed by atoms with Crippen molar-refractivity contribution in [3.8, 4) is 0 Å². The summed E-state index contributed by atoms with van der Waals surface area (Å²) in [5.41, 5.74) is 1.08. The average Bonchev–Trinajstić information content (AvgIpc) is 2.55. The third-order valence-electron chi connectivity index (χ3n) is 3.33. The molecule has 0 fully saturated rings. The van der Waals surface area contributed by atoms with Crippen molar-refractivity contribution in [2.75, 3.05) is 11.9 Å². The molecule has 0 radical (unpaired) electrons. The van der Waals surface area contributed by atoms with Crippen molar-refractivity contribution in [3.63, 3.8) is 0 Å². The van der Waals surface area contributed by atoms with Gasteiger partial charge in [-0.05, 0) is 49.4 Å². The van der Waals surface area contributed by atoms with E-state index >= 15 is 0 Å². The number of rotatable bonds is 7. The van der Waals surface area contributed by atoms with Gasteiger partial charge in [-0.2, -0.15) is 0 Å². The zero-order valence-corrected chi connectivity index (χ0v) is 15.0. The van der Waals surface area contributed by atoms with Gasteiger partial charge >= 0.3 is 0 Å². The molecule has 6 nitrogen and oxygen atoms in total. The van der Waals surface area contributed by atoms with E-state index in [1.165, 1.54) is 25.1 Å². The van der Waals surface area contributed by atoms with E-state index in [0.29, 0.717) is 16.3 Å². The molecule has 0 saturated heterocycles. The van der Waals surface area contributed by atoms with Crippen LogP contribution in [-0.2, 0) is 14.8 Å². The van der Waals surface area contributed by atoms with E-state index in [1.54, 1.807) is 30.3 Å². The van der Waals surface area contributed by atoms with Gasteiger partial charge in [0.05, 0.1) is 4.90 Å². The number of hydrogen-bond acceptors (Lipinski definition) is 4. The molecule has 2 N–H and O–H groups in total. The number of nitrogens with one attached hydrogen (secondary N) is 2. The van der Waals surface area contributed by atoms with Gasteiger partial charge < -0.3 is 5.32 Å². The Hall–Kier alpha value is -2.22. The lowest BCUT2D eigenvalue weighted by Gasteiger charge is -2.08. The highest BCUT2D eigenvalue weighted by molar-refractivity contribution is 7.89. The van der Waals surface area contributed by atoms with E-state index in [2.05, 4.69) is 10.0 Å². The molecular weight excluding hydrogens is 364 g/mol. The van der Waals surface area contributed by atoms with Crippen molar-refractivity contribution in [1.82, 2.24) is 4.72 Å². The standard InChI is InChI=1S/C17H17ClN2O4S/c1-12(21)13-5-7-15(8-6-13)20-17(22)9-10-19-25(23,24)16-4-2-3-14(18)11-16/h2-8,11,19H,9-10H2,1H3,(H,20,22). The minimum absolute atomic E-state index is 0.0335. The van der Waals surface area contributed by atoms with Crippen LogP contribution in [0.25, 0.3) is 0 Å². The van der Waals surface area contributed by atoms with E-state index in [9.17, 15) is 18.0 Å². The molecule has 0 bridgehead atoms. The predicted molar refractivity (Wildman–Crippen MR) is 96.3 cm³/mol. The van der Waals surface area contributed by atoms with E-state index in [1.807, 2.05) is 0 Å². The Morgan fingerprint density at radius 2 is 1.76 bits per heavy atom. The van der Waals surface area contributed by atoms with Crippen LogP contribution in [0.4, 0.5) is 5.69 Å². The summed E-state index contributed by atoms with van der Waals surface area (Å²) in [7, 11) is -3.72. The fourth-order valence-corrected chi connectivity index (χ4v) is 3.36. The highest BCUT2D eigenvalue weighted by Crippen LogP contribution is 2.15. The quantitative estimate of drug-likeness (QED) is 0.722. The van der Waals surface area contributed by atoms with Crippen LogP contribution in [0.1, 0.15) is 23.7 Å². The number of benzene rings is 2. The number of sulfonamides is 1. The van der Waals surface area contributed by atoms with Crippen molar-refractivity contribution < 1.29 is 18.0 Å². The van der Waals surface area contributed by atoms with Gasteiger partial charge in [0.1, 0.15) is 0 Å². The number of carbonyl (C=O) groups excluding carboxylic acids is 2. The molecule has 2 aromatic rings. The molecule has 0 aliphatic heterocycles. The third-order valence-corrected chi connectivity index (χ3v) is 5.02. The molecule has 2 rings (SSSR count). The van der Waals surface area contributed by atoms with Crippen LogP contribution >= 0.6 is 11.6 Å². The number of hydrogen-bond donors (Lipinski definition) is 2. The van der Waals surface area contributed by atoms with Crippen molar-refractivity contribution in [2.45, 2.75) is 18.2 Å². The topological polar surface area (TPSA) is 92.3 Å². The summed E-state index contributed by atoms with van der Waals surface area (Å²) in [6.07, 6.45) is -0.0335. The predicted octanol–water partition coefficient (Wildman–Crippen LogP) is 2.85. The lowest BCUT2D eigenvalue weighted by molar-refractivity contribution is -0.116. The first-order valence-electron chi connectivity index (χ1n) is 7.44. The minimum atomic E-state index is -3.72. The fraction of sp³-hybridized carbons (Fsp3) is 0.176. The Bertz CT molecular complexity index is 880. The summed E-state index contributed by atoms with van der Waals surface area (Å²) >= 11 is 5.78. The van der Waals surface area contributed by atoms with E-state index < -0.39 is 10.0 Å². The SMILES string of the molecule is CC(=O)c1ccc(NC(=O)CCNS(=O)(=O)c2cccc(Cl)c2)cc1. The largest absolute Gasteiger partial charge is 0.326 e. The Labute approximate surface area is 151 Å². The lowest BCUT2D eigenvalue weighted by Crippen LogP contribution is -2.27. The number of carbonyl (C=O) groups is 2. The third kappa shape index (κ3) is 5.67. The first kappa shape index (κ1) is 19.1. The first-order valence-corrected chi connectivity index (χ1v) is 9.30. The number of ketones is 1. The number of Topliss-reactive ketones (excluding diaryl/α,β-unsaturated/α-hetero) is 1. The lowest BCUT2D eigenvalue weighted by atomic mass is 10.1. The van der Waals surface area contributed by atoms with Crippen molar-refractivity contribution in [3.05, 3.63) is 59.1 Å². The Balaban J connectivity index is 1.86. The highest BCUT2D eigenvalue weighted by atomic mass is 35.5. The molecule has 0 unspecified atom stereocenters. The highest BCUT2D eigenvalue weighted by Gasteiger charge is 2.14. The van der Waals surface area contributed by atoms with Gasteiger partial charge in [0.25, 0.3) is 0 Å². The second-order valence-corrected chi connectivity index (χ2v) is 7.49. The maximum atomic E-state index is 12.1. The Morgan fingerprint density at radius 1 is 1.08 bits per heavy atom. The Morgan fingerprint density at radius 3 is 2.36 bits per heavy atom. The van der Waals surface area contributed by atoms with Crippen LogP contribution in [0.2, 0.25) is 5.02 Å². The molecule has 1 amide bonds. The summed E-state index contributed by atoms with van der Waals surface area (Å²) in [5.74, 6) is -0.405. The summed E-state index contributed by atoms with van der Waals surface area (Å²) in [4.78, 5) is 23.1. The number of halogens is 1. The molecule has 0 aliphatic rings. The zero-order valence-electron chi connectivity index (χ0n) is 13.5. The van der Waals surface area contributed by atoms with Crippen molar-refractivity contribution >= 4 is 39.0 Å². The van der Waals surface area contributed by atoms with Gasteiger partial charge in [-0.3, -0.25) is 9.59 Å². The zero-order chi connectivity index (χ0) is 18.4. The fourth-order valence-electron chi connectivity index (χ4n) is 2.03. The maximum absolute atomic E-state index is 12.1. The van der Waals surface area contributed by atoms with Gasteiger partial charge in [0.2, 0.25) is 15.9 Å². The van der Waals surface area contributed by atoms with Gasteiger partial charge in [-0.15, -0.1) is 0 Å². The van der Waals surface area contributed by atoms with Crippen LogP contribution in [-0.4, -0.2) is 26.7 Å². The van der Waals surface area contributed by atoms with Crippen LogP contribution in [0, 0.1) is 0 Å². The normalized spacial score (nSPS) is 11.1. The number of amides is 1. The molecule has 8 heteroatoms. The van der Waals surface area contributed by atoms with Gasteiger partial charge in [0, 0.05) is 29.2 Å². The van der Waals surface area contributed by atoms with Crippen LogP contribution in [0.15, 0.2) is 53.4 Å². The van der Waals surface area contributed by atoms with E-state index in [0.717, 1.165) is 0 Å². The van der Waals surface area contributed by atoms with Crippen molar-refractivity contribution in [2.24, 2.45) is 0 Å².